The van der Waals surface area contributed by atoms with Crippen LogP contribution in [0.1, 0.15) is 31.9 Å². The number of nitrogens with zero attached hydrogens (tertiary/aromatic N) is 2. The molecule has 0 saturated carbocycles. The molecule has 0 aliphatic carbocycles. The Bertz CT molecular complexity index is 442. The van der Waals surface area contributed by atoms with Crippen molar-refractivity contribution in [2.75, 3.05) is 13.1 Å². The molecule has 1 saturated heterocycles. The lowest BCUT2D eigenvalue weighted by atomic mass is 9.90. The van der Waals surface area contributed by atoms with Gasteiger partial charge in [-0.3, -0.25) is 4.90 Å². The van der Waals surface area contributed by atoms with Crippen LogP contribution in [0.3, 0.4) is 0 Å². The van der Waals surface area contributed by atoms with Gasteiger partial charge in [0.2, 0.25) is 0 Å². The monoisotopic (exact) mass is 262 g/mol. The Morgan fingerprint density at radius 3 is 2.44 bits per heavy atom. The Morgan fingerprint density at radius 2 is 1.89 bits per heavy atom. The molecule has 0 amide bonds. The second kappa shape index (κ2) is 5.73. The molecule has 96 valence electrons. The van der Waals surface area contributed by atoms with E-state index in [4.69, 9.17) is 11.6 Å². The molecule has 1 aromatic rings. The first kappa shape index (κ1) is 13.4. The Balaban J connectivity index is 2.24. The van der Waals surface area contributed by atoms with Crippen LogP contribution in [0.5, 0.6) is 0 Å². The molecule has 3 unspecified atom stereocenters. The van der Waals surface area contributed by atoms with E-state index < -0.39 is 0 Å². The molecule has 0 radical (unpaired) electrons. The highest BCUT2D eigenvalue weighted by Gasteiger charge is 2.29. The minimum absolute atomic E-state index is 0.219. The lowest BCUT2D eigenvalue weighted by Gasteiger charge is -2.37. The van der Waals surface area contributed by atoms with Gasteiger partial charge in [-0.1, -0.05) is 43.6 Å². The fraction of sp³-hybridized carbons (Fsp3) is 0.533. The van der Waals surface area contributed by atoms with E-state index in [0.29, 0.717) is 16.9 Å². The fourth-order valence-corrected chi connectivity index (χ4v) is 3.21. The molecule has 1 fully saturated rings. The van der Waals surface area contributed by atoms with Crippen LogP contribution in [0.4, 0.5) is 0 Å². The van der Waals surface area contributed by atoms with Crippen molar-refractivity contribution in [3.8, 4) is 6.07 Å². The highest BCUT2D eigenvalue weighted by molar-refractivity contribution is 6.31. The van der Waals surface area contributed by atoms with E-state index in [1.807, 2.05) is 24.3 Å². The van der Waals surface area contributed by atoms with Crippen molar-refractivity contribution in [2.45, 2.75) is 26.3 Å². The molecule has 3 atom stereocenters. The van der Waals surface area contributed by atoms with Crippen molar-refractivity contribution in [1.82, 2.24) is 4.90 Å². The van der Waals surface area contributed by atoms with E-state index in [0.717, 1.165) is 18.7 Å². The van der Waals surface area contributed by atoms with Gasteiger partial charge in [0.15, 0.2) is 0 Å². The molecule has 2 rings (SSSR count). The van der Waals surface area contributed by atoms with Crippen molar-refractivity contribution < 1.29 is 0 Å². The van der Waals surface area contributed by atoms with Gasteiger partial charge in [-0.2, -0.15) is 5.26 Å². The largest absolute Gasteiger partial charge is 0.284 e. The van der Waals surface area contributed by atoms with E-state index in [-0.39, 0.29) is 6.04 Å². The predicted molar refractivity (Wildman–Crippen MR) is 74.3 cm³/mol. The first-order valence-corrected chi connectivity index (χ1v) is 6.87. The molecule has 2 nitrogen and oxygen atoms in total. The predicted octanol–water partition coefficient (Wildman–Crippen LogP) is 3.88. The number of halogens is 1. The smallest absolute Gasteiger partial charge is 0.125 e. The van der Waals surface area contributed by atoms with Gasteiger partial charge >= 0.3 is 0 Å². The summed E-state index contributed by atoms with van der Waals surface area (Å²) in [5.74, 6) is 1.29. The van der Waals surface area contributed by atoms with Crippen LogP contribution in [0.15, 0.2) is 24.3 Å². The van der Waals surface area contributed by atoms with Crippen LogP contribution in [0, 0.1) is 23.2 Å². The van der Waals surface area contributed by atoms with Gasteiger partial charge in [-0.05, 0) is 24.3 Å². The lowest BCUT2D eigenvalue weighted by Crippen LogP contribution is -2.40. The van der Waals surface area contributed by atoms with Crippen LogP contribution in [-0.2, 0) is 0 Å². The topological polar surface area (TPSA) is 27.0 Å². The third-order valence-electron chi connectivity index (χ3n) is 3.58. The molecule has 0 bridgehead atoms. The summed E-state index contributed by atoms with van der Waals surface area (Å²) in [6, 6.07) is 9.86. The average molecular weight is 263 g/mol. The zero-order valence-electron chi connectivity index (χ0n) is 10.9. The van der Waals surface area contributed by atoms with Gasteiger partial charge in [-0.25, -0.2) is 0 Å². The second-order valence-electron chi connectivity index (χ2n) is 5.45. The van der Waals surface area contributed by atoms with Crippen LogP contribution < -0.4 is 0 Å². The van der Waals surface area contributed by atoms with Gasteiger partial charge in [-0.15, -0.1) is 0 Å². The van der Waals surface area contributed by atoms with E-state index in [1.54, 1.807) is 0 Å². The molecule has 1 heterocycles. The quantitative estimate of drug-likeness (QED) is 0.809. The van der Waals surface area contributed by atoms with E-state index in [1.165, 1.54) is 6.42 Å². The number of hydrogen-bond donors (Lipinski definition) is 0. The van der Waals surface area contributed by atoms with Gasteiger partial charge in [0.25, 0.3) is 0 Å². The summed E-state index contributed by atoms with van der Waals surface area (Å²) in [5, 5.41) is 10.2. The molecular weight excluding hydrogens is 244 g/mol. The standard InChI is InChI=1S/C15H19ClN2/c1-11-7-12(2)10-18(9-11)15(8-17)13-5-3-4-6-14(13)16/h3-6,11-12,15H,7,9-10H2,1-2H3. The molecular formula is C15H19ClN2. The summed E-state index contributed by atoms with van der Waals surface area (Å²) < 4.78 is 0. The van der Waals surface area contributed by atoms with Crippen LogP contribution in [-0.4, -0.2) is 18.0 Å². The summed E-state index contributed by atoms with van der Waals surface area (Å²) in [5.41, 5.74) is 0.933. The Morgan fingerprint density at radius 1 is 1.28 bits per heavy atom. The Kier molecular flexibility index (Phi) is 4.27. The molecule has 3 heteroatoms. The number of hydrogen-bond acceptors (Lipinski definition) is 2. The molecule has 0 spiro atoms. The summed E-state index contributed by atoms with van der Waals surface area (Å²) in [6.07, 6.45) is 1.25. The van der Waals surface area contributed by atoms with Gasteiger partial charge in [0.05, 0.1) is 6.07 Å². The average Bonchev–Trinajstić information content (AvgIpc) is 2.31. The zero-order chi connectivity index (χ0) is 13.1. The van der Waals surface area contributed by atoms with Gasteiger partial charge in [0, 0.05) is 23.7 Å². The van der Waals surface area contributed by atoms with Crippen molar-refractivity contribution in [2.24, 2.45) is 11.8 Å². The SMILES string of the molecule is CC1CC(C)CN(C(C#N)c2ccccc2Cl)C1. The molecule has 1 aliphatic rings. The van der Waals surface area contributed by atoms with E-state index in [2.05, 4.69) is 24.8 Å². The molecule has 0 N–H and O–H groups in total. The second-order valence-corrected chi connectivity index (χ2v) is 5.86. The summed E-state index contributed by atoms with van der Waals surface area (Å²) in [4.78, 5) is 2.26. The Labute approximate surface area is 114 Å². The number of benzene rings is 1. The van der Waals surface area contributed by atoms with E-state index in [9.17, 15) is 5.26 Å². The van der Waals surface area contributed by atoms with E-state index >= 15 is 0 Å². The van der Waals surface area contributed by atoms with Crippen molar-refractivity contribution in [3.63, 3.8) is 0 Å². The van der Waals surface area contributed by atoms with Crippen LogP contribution in [0.25, 0.3) is 0 Å². The fourth-order valence-electron chi connectivity index (χ4n) is 2.97. The van der Waals surface area contributed by atoms with Crippen molar-refractivity contribution in [1.29, 1.82) is 5.26 Å². The number of piperidine rings is 1. The Hall–Kier alpha value is -1.04. The van der Waals surface area contributed by atoms with Crippen molar-refractivity contribution >= 4 is 11.6 Å². The summed E-state index contributed by atoms with van der Waals surface area (Å²) in [7, 11) is 0. The maximum absolute atomic E-state index is 9.48. The maximum Gasteiger partial charge on any atom is 0.125 e. The molecule has 1 aromatic carbocycles. The van der Waals surface area contributed by atoms with Gasteiger partial charge in [0.1, 0.15) is 6.04 Å². The van der Waals surface area contributed by atoms with Crippen molar-refractivity contribution in [3.05, 3.63) is 34.9 Å². The molecule has 0 aromatic heterocycles. The highest BCUT2D eigenvalue weighted by atomic mass is 35.5. The van der Waals surface area contributed by atoms with Crippen LogP contribution >= 0.6 is 11.6 Å². The first-order valence-electron chi connectivity index (χ1n) is 6.50. The highest BCUT2D eigenvalue weighted by Crippen LogP contribution is 2.32. The zero-order valence-corrected chi connectivity index (χ0v) is 11.7. The normalized spacial score (nSPS) is 26.6. The third kappa shape index (κ3) is 2.85. The number of rotatable bonds is 2. The summed E-state index contributed by atoms with van der Waals surface area (Å²) >= 11 is 6.21. The lowest BCUT2D eigenvalue weighted by molar-refractivity contribution is 0.118. The van der Waals surface area contributed by atoms with Gasteiger partial charge < -0.3 is 0 Å². The molecule has 1 aliphatic heterocycles. The number of nitriles is 1. The first-order chi connectivity index (χ1) is 8.61. The minimum atomic E-state index is -0.219. The van der Waals surface area contributed by atoms with Crippen LogP contribution in [0.2, 0.25) is 5.02 Å². The summed E-state index contributed by atoms with van der Waals surface area (Å²) in [6.45, 7) is 6.47. The minimum Gasteiger partial charge on any atom is -0.284 e. The number of likely N-dealkylation sites (tertiary alicyclic amines) is 1. The third-order valence-corrected chi connectivity index (χ3v) is 3.93. The molecule has 18 heavy (non-hydrogen) atoms. The maximum atomic E-state index is 9.48.